The molecule has 0 spiro atoms. The Morgan fingerprint density at radius 3 is 2.74 bits per heavy atom. The Bertz CT molecular complexity index is 771. The molecule has 6 heteroatoms. The van der Waals surface area contributed by atoms with Gasteiger partial charge in [0.25, 0.3) is 0 Å². The number of fused-ring (bicyclic) bond motifs is 1. The molecule has 0 N–H and O–H groups in total. The van der Waals surface area contributed by atoms with Crippen molar-refractivity contribution in [3.05, 3.63) is 63.6 Å². The van der Waals surface area contributed by atoms with E-state index in [-0.39, 0.29) is 13.4 Å². The van der Waals surface area contributed by atoms with Crippen LogP contribution < -0.4 is 9.47 Å². The Hall–Kier alpha value is -2.17. The van der Waals surface area contributed by atoms with Gasteiger partial charge in [0.2, 0.25) is 6.79 Å². The third-order valence-electron chi connectivity index (χ3n) is 3.17. The van der Waals surface area contributed by atoms with Crippen LogP contribution >= 0.6 is 23.2 Å². The van der Waals surface area contributed by atoms with E-state index in [1.165, 1.54) is 6.08 Å². The van der Waals surface area contributed by atoms with Gasteiger partial charge in [-0.2, -0.15) is 0 Å². The maximum absolute atomic E-state index is 11.8. The van der Waals surface area contributed by atoms with Crippen LogP contribution in [0.25, 0.3) is 6.08 Å². The summed E-state index contributed by atoms with van der Waals surface area (Å²) in [7, 11) is 0. The molecule has 0 amide bonds. The quantitative estimate of drug-likeness (QED) is 0.602. The first-order valence-corrected chi connectivity index (χ1v) is 7.56. The number of hydrogen-bond acceptors (Lipinski definition) is 4. The molecule has 2 aromatic rings. The topological polar surface area (TPSA) is 44.8 Å². The number of carbonyl (C=O) groups is 1. The predicted octanol–water partition coefficient (Wildman–Crippen LogP) is 4.48. The minimum Gasteiger partial charge on any atom is -0.458 e. The number of carbonyl (C=O) groups excluding carboxylic acids is 1. The maximum atomic E-state index is 11.8. The van der Waals surface area contributed by atoms with E-state index in [1.807, 2.05) is 6.07 Å². The second-order valence-electron chi connectivity index (χ2n) is 4.80. The van der Waals surface area contributed by atoms with Crippen molar-refractivity contribution in [2.24, 2.45) is 0 Å². The van der Waals surface area contributed by atoms with E-state index in [9.17, 15) is 4.79 Å². The first kappa shape index (κ1) is 15.7. The highest BCUT2D eigenvalue weighted by Crippen LogP contribution is 2.32. The summed E-state index contributed by atoms with van der Waals surface area (Å²) in [6.45, 7) is 0.343. The summed E-state index contributed by atoms with van der Waals surface area (Å²) < 4.78 is 15.7. The fourth-order valence-corrected chi connectivity index (χ4v) is 2.33. The zero-order valence-corrected chi connectivity index (χ0v) is 13.4. The van der Waals surface area contributed by atoms with Crippen LogP contribution in [0, 0.1) is 0 Å². The van der Waals surface area contributed by atoms with Gasteiger partial charge in [0.05, 0.1) is 10.0 Å². The molecule has 1 aliphatic heterocycles. The van der Waals surface area contributed by atoms with E-state index in [1.54, 1.807) is 36.4 Å². The summed E-state index contributed by atoms with van der Waals surface area (Å²) in [6.07, 6.45) is 3.01. The molecule has 0 saturated carbocycles. The Kier molecular flexibility index (Phi) is 4.74. The van der Waals surface area contributed by atoms with Crippen LogP contribution in [0.2, 0.25) is 10.0 Å². The minimum absolute atomic E-state index is 0.126. The van der Waals surface area contributed by atoms with E-state index in [0.29, 0.717) is 21.5 Å². The van der Waals surface area contributed by atoms with Gasteiger partial charge in [-0.15, -0.1) is 0 Å². The summed E-state index contributed by atoms with van der Waals surface area (Å²) in [4.78, 5) is 11.8. The number of rotatable bonds is 4. The zero-order valence-electron chi connectivity index (χ0n) is 11.9. The minimum atomic E-state index is -0.450. The highest BCUT2D eigenvalue weighted by Gasteiger charge is 2.12. The molecule has 0 aromatic heterocycles. The van der Waals surface area contributed by atoms with Gasteiger partial charge in [-0.1, -0.05) is 35.3 Å². The summed E-state index contributed by atoms with van der Waals surface area (Å²) in [5, 5.41) is 0.889. The van der Waals surface area contributed by atoms with Crippen LogP contribution in [0.15, 0.2) is 42.5 Å². The van der Waals surface area contributed by atoms with Crippen molar-refractivity contribution < 1.29 is 19.0 Å². The lowest BCUT2D eigenvalue weighted by atomic mass is 10.2. The van der Waals surface area contributed by atoms with Gasteiger partial charge < -0.3 is 14.2 Å². The van der Waals surface area contributed by atoms with Crippen molar-refractivity contribution >= 4 is 35.2 Å². The standard InChI is InChI=1S/C17H12Cl2O4/c18-13-4-1-12(7-14(13)19)9-21-17(20)6-3-11-2-5-15-16(8-11)23-10-22-15/h1-8H,9-10H2. The Morgan fingerprint density at radius 2 is 1.91 bits per heavy atom. The highest BCUT2D eigenvalue weighted by atomic mass is 35.5. The molecular formula is C17H12Cl2O4. The largest absolute Gasteiger partial charge is 0.458 e. The van der Waals surface area contributed by atoms with Gasteiger partial charge in [0.1, 0.15) is 6.61 Å². The number of ether oxygens (including phenoxy) is 3. The lowest BCUT2D eigenvalue weighted by Crippen LogP contribution is -2.00. The normalized spacial score (nSPS) is 12.6. The van der Waals surface area contributed by atoms with Crippen molar-refractivity contribution in [1.82, 2.24) is 0 Å². The highest BCUT2D eigenvalue weighted by molar-refractivity contribution is 6.42. The van der Waals surface area contributed by atoms with Gasteiger partial charge in [-0.25, -0.2) is 4.79 Å². The molecule has 0 bridgehead atoms. The Labute approximate surface area is 143 Å². The Balaban J connectivity index is 1.57. The molecule has 23 heavy (non-hydrogen) atoms. The third-order valence-corrected chi connectivity index (χ3v) is 3.91. The van der Waals surface area contributed by atoms with E-state index in [4.69, 9.17) is 37.4 Å². The summed E-state index contributed by atoms with van der Waals surface area (Å²) >= 11 is 11.7. The number of esters is 1. The van der Waals surface area contributed by atoms with Crippen molar-refractivity contribution in [2.45, 2.75) is 6.61 Å². The molecule has 2 aromatic carbocycles. The molecule has 0 fully saturated rings. The molecule has 1 heterocycles. The molecule has 0 saturated heterocycles. The molecule has 118 valence electrons. The average Bonchev–Trinajstić information content (AvgIpc) is 3.01. The van der Waals surface area contributed by atoms with E-state index in [2.05, 4.69) is 0 Å². The molecule has 0 radical (unpaired) electrons. The molecule has 0 unspecified atom stereocenters. The first-order valence-electron chi connectivity index (χ1n) is 6.80. The lowest BCUT2D eigenvalue weighted by molar-refractivity contribution is -0.138. The lowest BCUT2D eigenvalue weighted by Gasteiger charge is -2.04. The van der Waals surface area contributed by atoms with Crippen LogP contribution in [-0.2, 0) is 16.1 Å². The summed E-state index contributed by atoms with van der Waals surface area (Å²) in [6, 6.07) is 10.5. The molecular weight excluding hydrogens is 339 g/mol. The zero-order chi connectivity index (χ0) is 16.2. The van der Waals surface area contributed by atoms with E-state index in [0.717, 1.165) is 11.1 Å². The van der Waals surface area contributed by atoms with Crippen LogP contribution in [0.4, 0.5) is 0 Å². The predicted molar refractivity (Wildman–Crippen MR) is 87.9 cm³/mol. The van der Waals surface area contributed by atoms with Crippen molar-refractivity contribution in [3.63, 3.8) is 0 Å². The number of hydrogen-bond donors (Lipinski definition) is 0. The number of benzene rings is 2. The van der Waals surface area contributed by atoms with Gasteiger partial charge in [-0.3, -0.25) is 0 Å². The average molecular weight is 351 g/mol. The van der Waals surface area contributed by atoms with Crippen molar-refractivity contribution in [1.29, 1.82) is 0 Å². The Morgan fingerprint density at radius 1 is 1.09 bits per heavy atom. The molecule has 0 aliphatic carbocycles. The van der Waals surface area contributed by atoms with Crippen LogP contribution in [0.1, 0.15) is 11.1 Å². The van der Waals surface area contributed by atoms with Crippen LogP contribution in [0.3, 0.4) is 0 Å². The summed E-state index contributed by atoms with van der Waals surface area (Å²) in [5.41, 5.74) is 1.59. The van der Waals surface area contributed by atoms with E-state index >= 15 is 0 Å². The number of halogens is 2. The van der Waals surface area contributed by atoms with Gasteiger partial charge in [0, 0.05) is 6.08 Å². The SMILES string of the molecule is O=C(C=Cc1ccc2c(c1)OCO2)OCc1ccc(Cl)c(Cl)c1. The monoisotopic (exact) mass is 350 g/mol. The fraction of sp³-hybridized carbons (Fsp3) is 0.118. The van der Waals surface area contributed by atoms with Crippen molar-refractivity contribution in [3.8, 4) is 11.5 Å². The summed E-state index contributed by atoms with van der Waals surface area (Å²) in [5.74, 6) is 0.911. The molecule has 3 rings (SSSR count). The van der Waals surface area contributed by atoms with Gasteiger partial charge >= 0.3 is 5.97 Å². The first-order chi connectivity index (χ1) is 11.1. The van der Waals surface area contributed by atoms with Gasteiger partial charge in [0.15, 0.2) is 11.5 Å². The molecule has 1 aliphatic rings. The van der Waals surface area contributed by atoms with E-state index < -0.39 is 5.97 Å². The fourth-order valence-electron chi connectivity index (χ4n) is 2.01. The second kappa shape index (κ2) is 6.94. The van der Waals surface area contributed by atoms with Crippen LogP contribution in [-0.4, -0.2) is 12.8 Å². The van der Waals surface area contributed by atoms with Crippen molar-refractivity contribution in [2.75, 3.05) is 6.79 Å². The van der Waals surface area contributed by atoms with Crippen LogP contribution in [0.5, 0.6) is 11.5 Å². The maximum Gasteiger partial charge on any atom is 0.331 e. The third kappa shape index (κ3) is 3.97. The molecule has 0 atom stereocenters. The smallest absolute Gasteiger partial charge is 0.331 e. The van der Waals surface area contributed by atoms with Gasteiger partial charge in [-0.05, 0) is 41.5 Å². The molecule has 4 nitrogen and oxygen atoms in total. The second-order valence-corrected chi connectivity index (χ2v) is 5.62.